The third-order valence-corrected chi connectivity index (χ3v) is 4.57. The van der Waals surface area contributed by atoms with Crippen LogP contribution in [0.25, 0.3) is 0 Å². The number of pyridine rings is 1. The molecule has 1 aromatic carbocycles. The first-order valence-electron chi connectivity index (χ1n) is 9.64. The Morgan fingerprint density at radius 1 is 1.14 bits per heavy atom. The Labute approximate surface area is 174 Å². The van der Waals surface area contributed by atoms with Crippen molar-refractivity contribution < 1.29 is 19.1 Å². The van der Waals surface area contributed by atoms with Crippen LogP contribution in [0.15, 0.2) is 36.4 Å². The van der Waals surface area contributed by atoms with Gasteiger partial charge in [-0.3, -0.25) is 9.59 Å². The van der Waals surface area contributed by atoms with E-state index in [0.717, 1.165) is 18.4 Å². The Morgan fingerprint density at radius 2 is 1.90 bits per heavy atom. The van der Waals surface area contributed by atoms with Crippen LogP contribution in [0.3, 0.4) is 0 Å². The average Bonchev–Trinajstić information content (AvgIpc) is 3.53. The Kier molecular flexibility index (Phi) is 7.30. The van der Waals surface area contributed by atoms with Crippen molar-refractivity contribution >= 4 is 23.4 Å². The zero-order chi connectivity index (χ0) is 20.6. The second kappa shape index (κ2) is 10.1. The quantitative estimate of drug-likeness (QED) is 0.620. The molecule has 0 saturated heterocycles. The van der Waals surface area contributed by atoms with Crippen LogP contribution >= 0.6 is 11.6 Å². The number of benzene rings is 1. The second-order valence-corrected chi connectivity index (χ2v) is 7.10. The summed E-state index contributed by atoms with van der Waals surface area (Å²) in [5.74, 6) is 0.550. The van der Waals surface area contributed by atoms with Gasteiger partial charge in [0.15, 0.2) is 12.3 Å². The first-order valence-corrected chi connectivity index (χ1v) is 10.0. The van der Waals surface area contributed by atoms with Gasteiger partial charge in [-0.05, 0) is 49.9 Å². The van der Waals surface area contributed by atoms with Crippen molar-refractivity contribution in [3.05, 3.63) is 52.7 Å². The molecule has 154 valence electrons. The van der Waals surface area contributed by atoms with Gasteiger partial charge in [0.05, 0.1) is 11.6 Å². The highest BCUT2D eigenvalue weighted by Crippen LogP contribution is 2.19. The Morgan fingerprint density at radius 3 is 2.59 bits per heavy atom. The fraction of sp³-hybridized carbons (Fsp3) is 0.381. The number of rotatable bonds is 10. The fourth-order valence-electron chi connectivity index (χ4n) is 2.61. The van der Waals surface area contributed by atoms with Crippen LogP contribution in [0.2, 0.25) is 5.02 Å². The lowest BCUT2D eigenvalue weighted by Gasteiger charge is -2.09. The van der Waals surface area contributed by atoms with E-state index in [0.29, 0.717) is 37.2 Å². The van der Waals surface area contributed by atoms with Gasteiger partial charge < -0.3 is 20.1 Å². The minimum absolute atomic E-state index is 0.0144. The van der Waals surface area contributed by atoms with Crippen LogP contribution in [0.4, 0.5) is 0 Å². The van der Waals surface area contributed by atoms with E-state index in [-0.39, 0.29) is 29.1 Å². The molecule has 0 aliphatic heterocycles. The maximum atomic E-state index is 12.3. The van der Waals surface area contributed by atoms with E-state index in [1.54, 1.807) is 12.1 Å². The molecule has 2 aromatic rings. The highest BCUT2D eigenvalue weighted by molar-refractivity contribution is 6.33. The lowest BCUT2D eigenvalue weighted by molar-refractivity contribution is -0.123. The summed E-state index contributed by atoms with van der Waals surface area (Å²) in [7, 11) is 0. The van der Waals surface area contributed by atoms with Crippen LogP contribution in [0, 0.1) is 0 Å². The molecule has 3 rings (SSSR count). The Hall–Kier alpha value is -2.80. The third kappa shape index (κ3) is 6.64. The summed E-state index contributed by atoms with van der Waals surface area (Å²) in [4.78, 5) is 28.1. The molecule has 7 nitrogen and oxygen atoms in total. The molecule has 1 aliphatic carbocycles. The van der Waals surface area contributed by atoms with Crippen LogP contribution in [0.5, 0.6) is 11.6 Å². The van der Waals surface area contributed by atoms with E-state index in [9.17, 15) is 9.59 Å². The predicted octanol–water partition coefficient (Wildman–Crippen LogP) is 2.76. The molecule has 1 aromatic heterocycles. The number of carbonyl (C=O) groups is 2. The second-order valence-electron chi connectivity index (χ2n) is 6.69. The van der Waals surface area contributed by atoms with Crippen molar-refractivity contribution in [3.63, 3.8) is 0 Å². The number of hydrogen-bond donors (Lipinski definition) is 2. The van der Waals surface area contributed by atoms with Crippen molar-refractivity contribution in [1.29, 1.82) is 0 Å². The van der Waals surface area contributed by atoms with Crippen molar-refractivity contribution in [1.82, 2.24) is 15.6 Å². The van der Waals surface area contributed by atoms with Crippen LogP contribution in [-0.2, 0) is 11.2 Å². The minimum Gasteiger partial charge on any atom is -0.484 e. The largest absolute Gasteiger partial charge is 0.484 e. The molecule has 8 heteroatoms. The first-order chi connectivity index (χ1) is 14.0. The Balaban J connectivity index is 1.43. The van der Waals surface area contributed by atoms with Gasteiger partial charge in [0.1, 0.15) is 5.75 Å². The Bertz CT molecular complexity index is 854. The summed E-state index contributed by atoms with van der Waals surface area (Å²) in [5, 5.41) is 5.96. The number of nitrogens with zero attached hydrogens (tertiary/aromatic N) is 1. The number of halogens is 1. The number of aromatic nitrogens is 1. The van der Waals surface area contributed by atoms with Gasteiger partial charge in [-0.15, -0.1) is 0 Å². The van der Waals surface area contributed by atoms with Gasteiger partial charge in [0, 0.05) is 18.7 Å². The third-order valence-electron chi connectivity index (χ3n) is 4.26. The smallest absolute Gasteiger partial charge is 0.271 e. The van der Waals surface area contributed by atoms with E-state index in [2.05, 4.69) is 15.6 Å². The van der Waals surface area contributed by atoms with Crippen LogP contribution in [-0.4, -0.2) is 42.6 Å². The summed E-state index contributed by atoms with van der Waals surface area (Å²) >= 11 is 6.07. The monoisotopic (exact) mass is 417 g/mol. The highest BCUT2D eigenvalue weighted by Gasteiger charge is 2.23. The molecular formula is C21H24ClN3O4. The molecule has 0 bridgehead atoms. The maximum absolute atomic E-state index is 12.3. The van der Waals surface area contributed by atoms with Gasteiger partial charge in [-0.25, -0.2) is 4.98 Å². The molecule has 0 unspecified atom stereocenters. The summed E-state index contributed by atoms with van der Waals surface area (Å²) in [6.07, 6.45) is 2.74. The molecule has 29 heavy (non-hydrogen) atoms. The molecule has 0 spiro atoms. The van der Waals surface area contributed by atoms with Gasteiger partial charge >= 0.3 is 0 Å². The zero-order valence-electron chi connectivity index (χ0n) is 16.2. The molecule has 0 atom stereocenters. The summed E-state index contributed by atoms with van der Waals surface area (Å²) in [5.41, 5.74) is 1.17. The van der Waals surface area contributed by atoms with Crippen LogP contribution in [0.1, 0.15) is 35.8 Å². The summed E-state index contributed by atoms with van der Waals surface area (Å²) in [6.45, 7) is 2.75. The molecule has 0 radical (unpaired) electrons. The van der Waals surface area contributed by atoms with Gasteiger partial charge in [-0.2, -0.15) is 0 Å². The molecule has 1 fully saturated rings. The minimum atomic E-state index is -0.349. The molecule has 1 aliphatic rings. The molecule has 1 saturated carbocycles. The molecule has 2 amide bonds. The average molecular weight is 418 g/mol. The number of ether oxygens (including phenoxy) is 2. The first kappa shape index (κ1) is 20.9. The number of amides is 2. The lowest BCUT2D eigenvalue weighted by Crippen LogP contribution is -2.30. The van der Waals surface area contributed by atoms with Crippen molar-refractivity contribution in [2.75, 3.05) is 19.8 Å². The van der Waals surface area contributed by atoms with Crippen molar-refractivity contribution in [2.24, 2.45) is 0 Å². The molecular weight excluding hydrogens is 394 g/mol. The van der Waals surface area contributed by atoms with E-state index in [1.807, 2.05) is 31.2 Å². The number of hydrogen-bond acceptors (Lipinski definition) is 5. The molecule has 1 heterocycles. The van der Waals surface area contributed by atoms with E-state index < -0.39 is 0 Å². The van der Waals surface area contributed by atoms with Crippen molar-refractivity contribution in [3.8, 4) is 11.6 Å². The summed E-state index contributed by atoms with van der Waals surface area (Å²) in [6, 6.07) is 11.0. The zero-order valence-corrected chi connectivity index (χ0v) is 17.0. The predicted molar refractivity (Wildman–Crippen MR) is 110 cm³/mol. The topological polar surface area (TPSA) is 89.5 Å². The maximum Gasteiger partial charge on any atom is 0.271 e. The normalized spacial score (nSPS) is 12.9. The van der Waals surface area contributed by atoms with Crippen molar-refractivity contribution in [2.45, 2.75) is 32.2 Å². The van der Waals surface area contributed by atoms with Gasteiger partial charge in [-0.1, -0.05) is 23.7 Å². The summed E-state index contributed by atoms with van der Waals surface area (Å²) < 4.78 is 10.8. The standard InChI is InChI=1S/C21H24ClN3O4/c1-2-28-19-10-9-17(22)20(25-19)21(27)23-12-11-14-3-7-16(8-4-14)29-13-18(26)24-15-5-6-15/h3-4,7-10,15H,2,5-6,11-13H2,1H3,(H,23,27)(H,24,26). The fourth-order valence-corrected chi connectivity index (χ4v) is 2.81. The SMILES string of the molecule is CCOc1ccc(Cl)c(C(=O)NCCc2ccc(OCC(=O)NC3CC3)cc2)n1. The molecule has 2 N–H and O–H groups in total. The van der Waals surface area contributed by atoms with E-state index in [4.69, 9.17) is 21.1 Å². The van der Waals surface area contributed by atoms with E-state index in [1.165, 1.54) is 0 Å². The van der Waals surface area contributed by atoms with Crippen LogP contribution < -0.4 is 20.1 Å². The lowest BCUT2D eigenvalue weighted by atomic mass is 10.1. The number of nitrogens with one attached hydrogen (secondary N) is 2. The highest BCUT2D eigenvalue weighted by atomic mass is 35.5. The van der Waals surface area contributed by atoms with Gasteiger partial charge in [0.2, 0.25) is 5.88 Å². The number of carbonyl (C=O) groups excluding carboxylic acids is 2. The van der Waals surface area contributed by atoms with E-state index >= 15 is 0 Å². The van der Waals surface area contributed by atoms with Gasteiger partial charge in [0.25, 0.3) is 11.8 Å².